The lowest BCUT2D eigenvalue weighted by atomic mass is 10.0. The summed E-state index contributed by atoms with van der Waals surface area (Å²) in [4.78, 5) is 14.7. The third kappa shape index (κ3) is 6.03. The minimum absolute atomic E-state index is 0.0466. The highest BCUT2D eigenvalue weighted by molar-refractivity contribution is 5.94. The minimum Gasteiger partial charge on any atom is -0.486 e. The summed E-state index contributed by atoms with van der Waals surface area (Å²) < 4.78 is 51.7. The Bertz CT molecular complexity index is 1190. The molecule has 1 amide bonds. The fourth-order valence-electron chi connectivity index (χ4n) is 3.93. The molecule has 1 aromatic heterocycles. The van der Waals surface area contributed by atoms with Crippen LogP contribution in [0.5, 0.6) is 5.75 Å². The van der Waals surface area contributed by atoms with Crippen molar-refractivity contribution in [2.45, 2.75) is 37.8 Å². The Morgan fingerprint density at radius 3 is 2.56 bits per heavy atom. The van der Waals surface area contributed by atoms with Gasteiger partial charge < -0.3 is 24.3 Å². The van der Waals surface area contributed by atoms with E-state index in [2.05, 4.69) is 20.4 Å². The molecule has 4 rings (SSSR count). The van der Waals surface area contributed by atoms with Crippen molar-refractivity contribution in [1.29, 1.82) is 0 Å². The Hall–Kier alpha value is -3.44. The van der Waals surface area contributed by atoms with Crippen LogP contribution in [0.1, 0.15) is 24.2 Å². The van der Waals surface area contributed by atoms with Gasteiger partial charge in [0, 0.05) is 24.3 Å². The smallest absolute Gasteiger partial charge is 0.416 e. The van der Waals surface area contributed by atoms with Gasteiger partial charge in [-0.05, 0) is 69.4 Å². The summed E-state index contributed by atoms with van der Waals surface area (Å²) in [5.41, 5.74) is 0.618. The summed E-state index contributed by atoms with van der Waals surface area (Å²) in [5.74, 6) is 0.924. The predicted molar refractivity (Wildman–Crippen MR) is 127 cm³/mol. The largest absolute Gasteiger partial charge is 0.486 e. The number of anilines is 1. The normalized spacial score (nSPS) is 18.3. The minimum atomic E-state index is -4.44. The molecule has 0 unspecified atom stereocenters. The average Bonchev–Trinajstić information content (AvgIpc) is 3.23. The van der Waals surface area contributed by atoms with E-state index >= 15 is 0 Å². The molecule has 2 aromatic carbocycles. The molecule has 1 aliphatic heterocycles. The molecule has 1 N–H and O–H groups in total. The highest BCUT2D eigenvalue weighted by Gasteiger charge is 2.31. The van der Waals surface area contributed by atoms with Crippen LogP contribution in [0.2, 0.25) is 0 Å². The third-order valence-corrected chi connectivity index (χ3v) is 6.18. The number of carbonyl (C=O) groups is 1. The first-order valence-electron chi connectivity index (χ1n) is 11.5. The summed E-state index contributed by atoms with van der Waals surface area (Å²) in [6.45, 7) is 0.477. The van der Waals surface area contributed by atoms with Crippen LogP contribution in [0.25, 0.3) is 11.4 Å². The highest BCUT2D eigenvalue weighted by Crippen LogP contribution is 2.31. The molecular formula is C25H28F3N5O3. The van der Waals surface area contributed by atoms with E-state index in [9.17, 15) is 18.0 Å². The second kappa shape index (κ2) is 10.7. The standard InChI is InChI=1S/C25H28F3N5O3/c1-32(2)19-11-12-21(36-14-19)24(34)29-18-9-7-16(8-10-18)23-31-30-22(33(23)3)15-35-20-6-4-5-17(13-20)25(26,27)28/h4-10,13,19,21H,11-12,14-15H2,1-3H3,(H,29,34)/t19-,21+/m1/s1. The lowest BCUT2D eigenvalue weighted by Gasteiger charge is -2.32. The van der Waals surface area contributed by atoms with E-state index in [1.807, 2.05) is 14.1 Å². The van der Waals surface area contributed by atoms with Gasteiger partial charge in [-0.1, -0.05) is 6.07 Å². The molecule has 0 saturated carbocycles. The van der Waals surface area contributed by atoms with Crippen LogP contribution in [0.15, 0.2) is 48.5 Å². The van der Waals surface area contributed by atoms with E-state index in [4.69, 9.17) is 9.47 Å². The SMILES string of the molecule is CN(C)[C@@H]1CC[C@@H](C(=O)Nc2ccc(-c3nnc(COc4cccc(C(F)(F)F)c4)n3C)cc2)OC1. The van der Waals surface area contributed by atoms with Gasteiger partial charge in [0.15, 0.2) is 11.6 Å². The zero-order chi connectivity index (χ0) is 25.9. The molecule has 3 aromatic rings. The number of nitrogens with zero attached hydrogens (tertiary/aromatic N) is 4. The Morgan fingerprint density at radius 2 is 1.92 bits per heavy atom. The van der Waals surface area contributed by atoms with Crippen LogP contribution in [0.3, 0.4) is 0 Å². The van der Waals surface area contributed by atoms with Crippen molar-refractivity contribution in [3.63, 3.8) is 0 Å². The lowest BCUT2D eigenvalue weighted by Crippen LogP contribution is -2.43. The van der Waals surface area contributed by atoms with Gasteiger partial charge in [0.05, 0.1) is 12.2 Å². The predicted octanol–water partition coefficient (Wildman–Crippen LogP) is 4.13. The van der Waals surface area contributed by atoms with Gasteiger partial charge in [-0.15, -0.1) is 10.2 Å². The van der Waals surface area contributed by atoms with Crippen LogP contribution in [0, 0.1) is 0 Å². The maximum absolute atomic E-state index is 12.9. The number of hydrogen-bond donors (Lipinski definition) is 1. The van der Waals surface area contributed by atoms with E-state index in [-0.39, 0.29) is 18.3 Å². The molecule has 0 radical (unpaired) electrons. The van der Waals surface area contributed by atoms with E-state index in [1.54, 1.807) is 35.9 Å². The van der Waals surface area contributed by atoms with Gasteiger partial charge in [-0.25, -0.2) is 0 Å². The maximum Gasteiger partial charge on any atom is 0.416 e. The first kappa shape index (κ1) is 25.6. The summed E-state index contributed by atoms with van der Waals surface area (Å²) in [6.07, 6.45) is -3.35. The monoisotopic (exact) mass is 503 g/mol. The fraction of sp³-hybridized carbons (Fsp3) is 0.400. The fourth-order valence-corrected chi connectivity index (χ4v) is 3.93. The molecule has 0 aliphatic carbocycles. The van der Waals surface area contributed by atoms with E-state index in [0.717, 1.165) is 24.1 Å². The zero-order valence-electron chi connectivity index (χ0n) is 20.2. The van der Waals surface area contributed by atoms with Gasteiger partial charge in [0.2, 0.25) is 0 Å². The summed E-state index contributed by atoms with van der Waals surface area (Å²) in [6, 6.07) is 12.2. The molecule has 1 saturated heterocycles. The van der Waals surface area contributed by atoms with Crippen LogP contribution in [0.4, 0.5) is 18.9 Å². The number of nitrogens with one attached hydrogen (secondary N) is 1. The molecule has 2 heterocycles. The number of ether oxygens (including phenoxy) is 2. The van der Waals surface area contributed by atoms with Gasteiger partial charge in [0.1, 0.15) is 18.5 Å². The second-order valence-corrected chi connectivity index (χ2v) is 8.90. The van der Waals surface area contributed by atoms with Crippen molar-refractivity contribution >= 4 is 11.6 Å². The molecule has 8 nitrogen and oxygen atoms in total. The number of benzene rings is 2. The van der Waals surface area contributed by atoms with Crippen LogP contribution in [-0.4, -0.2) is 58.4 Å². The zero-order valence-corrected chi connectivity index (χ0v) is 20.2. The van der Waals surface area contributed by atoms with Crippen LogP contribution in [-0.2, 0) is 29.4 Å². The topological polar surface area (TPSA) is 81.5 Å². The van der Waals surface area contributed by atoms with Crippen molar-refractivity contribution in [2.75, 3.05) is 26.0 Å². The van der Waals surface area contributed by atoms with E-state index < -0.39 is 17.8 Å². The molecule has 11 heteroatoms. The molecule has 192 valence electrons. The number of likely N-dealkylation sites (N-methyl/N-ethyl adjacent to an activating group) is 1. The van der Waals surface area contributed by atoms with Gasteiger partial charge in [-0.2, -0.15) is 13.2 Å². The van der Waals surface area contributed by atoms with Crippen molar-refractivity contribution in [1.82, 2.24) is 19.7 Å². The molecule has 1 aliphatic rings. The van der Waals surface area contributed by atoms with Gasteiger partial charge >= 0.3 is 6.18 Å². The Balaban J connectivity index is 1.35. The van der Waals surface area contributed by atoms with Gasteiger partial charge in [-0.3, -0.25) is 4.79 Å². The Labute approximate surface area is 207 Å². The van der Waals surface area contributed by atoms with Crippen LogP contribution >= 0.6 is 0 Å². The van der Waals surface area contributed by atoms with E-state index in [0.29, 0.717) is 36.4 Å². The first-order chi connectivity index (χ1) is 17.1. The van der Waals surface area contributed by atoms with Crippen molar-refractivity contribution in [2.24, 2.45) is 7.05 Å². The summed E-state index contributed by atoms with van der Waals surface area (Å²) in [7, 11) is 5.75. The molecule has 1 fully saturated rings. The van der Waals surface area contributed by atoms with Crippen molar-refractivity contribution in [3.8, 4) is 17.1 Å². The number of halogens is 3. The average molecular weight is 504 g/mol. The van der Waals surface area contributed by atoms with Gasteiger partial charge in [0.25, 0.3) is 5.91 Å². The Morgan fingerprint density at radius 1 is 1.17 bits per heavy atom. The Kier molecular flexibility index (Phi) is 7.60. The number of rotatable bonds is 7. The number of carbonyl (C=O) groups excluding carboxylic acids is 1. The quantitative estimate of drug-likeness (QED) is 0.522. The molecule has 2 atom stereocenters. The van der Waals surface area contributed by atoms with Crippen molar-refractivity contribution < 1.29 is 27.4 Å². The molecule has 0 spiro atoms. The summed E-state index contributed by atoms with van der Waals surface area (Å²) in [5, 5.41) is 11.2. The first-order valence-corrected chi connectivity index (χ1v) is 11.5. The van der Waals surface area contributed by atoms with Crippen LogP contribution < -0.4 is 10.1 Å². The molecule has 0 bridgehead atoms. The number of alkyl halides is 3. The third-order valence-electron chi connectivity index (χ3n) is 6.18. The van der Waals surface area contributed by atoms with Crippen molar-refractivity contribution in [3.05, 3.63) is 59.9 Å². The van der Waals surface area contributed by atoms with E-state index in [1.165, 1.54) is 12.1 Å². The number of amides is 1. The highest BCUT2D eigenvalue weighted by atomic mass is 19.4. The second-order valence-electron chi connectivity index (χ2n) is 8.90. The maximum atomic E-state index is 12.9. The lowest BCUT2D eigenvalue weighted by molar-refractivity contribution is -0.137. The number of aromatic nitrogens is 3. The molecular weight excluding hydrogens is 475 g/mol. The number of hydrogen-bond acceptors (Lipinski definition) is 6. The summed E-state index contributed by atoms with van der Waals surface area (Å²) >= 11 is 0. The molecule has 36 heavy (non-hydrogen) atoms.